The Morgan fingerprint density at radius 2 is 0.702 bits per heavy atom. The minimum absolute atomic E-state index is 1.09. The van der Waals surface area contributed by atoms with E-state index < -0.39 is 0 Å². The van der Waals surface area contributed by atoms with E-state index in [-0.39, 0.29) is 0 Å². The number of fused-ring (bicyclic) bond motifs is 6. The molecule has 0 spiro atoms. The summed E-state index contributed by atoms with van der Waals surface area (Å²) in [6, 6.07) is 67.7. The molecule has 0 aliphatic heterocycles. The molecule has 0 amide bonds. The number of nitrogens with zero attached hydrogens (tertiary/aromatic N) is 5. The molecule has 0 bridgehead atoms. The zero-order chi connectivity index (χ0) is 37.7. The van der Waals surface area contributed by atoms with Crippen molar-refractivity contribution < 1.29 is 0 Å². The van der Waals surface area contributed by atoms with Crippen molar-refractivity contribution in [3.63, 3.8) is 0 Å². The highest BCUT2D eigenvalue weighted by Gasteiger charge is 2.24. The lowest BCUT2D eigenvalue weighted by atomic mass is 10.1. The van der Waals surface area contributed by atoms with Crippen molar-refractivity contribution in [1.82, 2.24) is 19.1 Å². The van der Waals surface area contributed by atoms with Crippen LogP contribution in [0.25, 0.3) is 77.2 Å². The third-order valence-electron chi connectivity index (χ3n) is 11.1. The van der Waals surface area contributed by atoms with Crippen LogP contribution in [0.5, 0.6) is 0 Å². The molecular weight excluding hydrogens is 695 g/mol. The number of anilines is 3. The van der Waals surface area contributed by atoms with Crippen molar-refractivity contribution in [3.8, 4) is 33.6 Å². The molecule has 0 saturated carbocycles. The quantitative estimate of drug-likeness (QED) is 0.164. The second kappa shape index (κ2) is 13.5. The maximum atomic E-state index is 4.21. The number of hydrogen-bond donors (Lipinski definition) is 0. The van der Waals surface area contributed by atoms with Gasteiger partial charge in [0.2, 0.25) is 0 Å². The number of aromatic nitrogens is 4. The normalized spacial score (nSPS) is 11.5. The number of para-hydroxylation sites is 3. The Balaban J connectivity index is 1.14. The van der Waals surface area contributed by atoms with E-state index >= 15 is 0 Å². The van der Waals surface area contributed by atoms with E-state index in [2.05, 4.69) is 212 Å². The average Bonchev–Trinajstić information content (AvgIpc) is 3.82. The summed E-state index contributed by atoms with van der Waals surface area (Å²) in [7, 11) is 0. The molecule has 0 aliphatic carbocycles. The van der Waals surface area contributed by atoms with Crippen LogP contribution in [0, 0.1) is 0 Å². The summed E-state index contributed by atoms with van der Waals surface area (Å²) in [5, 5.41) is 4.79. The lowest BCUT2D eigenvalue weighted by molar-refractivity contribution is 1.18. The minimum atomic E-state index is 1.09. The highest BCUT2D eigenvalue weighted by atomic mass is 15.2. The summed E-state index contributed by atoms with van der Waals surface area (Å²) in [6.45, 7) is 0. The Kier molecular flexibility index (Phi) is 7.74. The fourth-order valence-corrected chi connectivity index (χ4v) is 8.61. The van der Waals surface area contributed by atoms with Crippen molar-refractivity contribution in [2.24, 2.45) is 0 Å². The number of pyridine rings is 2. The summed E-state index contributed by atoms with van der Waals surface area (Å²) < 4.78 is 4.80. The van der Waals surface area contributed by atoms with Crippen LogP contribution in [0.15, 0.2) is 213 Å². The van der Waals surface area contributed by atoms with Crippen molar-refractivity contribution in [2.75, 3.05) is 4.90 Å². The van der Waals surface area contributed by atoms with Crippen LogP contribution in [-0.2, 0) is 0 Å². The van der Waals surface area contributed by atoms with Crippen LogP contribution in [0.2, 0.25) is 0 Å². The van der Waals surface area contributed by atoms with E-state index in [0.29, 0.717) is 0 Å². The third-order valence-corrected chi connectivity index (χ3v) is 11.1. The zero-order valence-electron chi connectivity index (χ0n) is 30.9. The monoisotopic (exact) mass is 729 g/mol. The first-order chi connectivity index (χ1) is 28.3. The SMILES string of the molecule is c1ccc(N(c2cccc3c2c2ccccc2n3-c2ccc(-c3ccncc3)cc2)c2cccc3c2c2ccccc2n3-c2ccc(-c3ccncc3)cc2)cc1. The van der Waals surface area contributed by atoms with Crippen molar-refractivity contribution in [3.05, 3.63) is 213 Å². The molecule has 0 unspecified atom stereocenters. The maximum Gasteiger partial charge on any atom is 0.0562 e. The summed E-state index contributed by atoms with van der Waals surface area (Å²) in [5.41, 5.74) is 14.8. The van der Waals surface area contributed by atoms with Gasteiger partial charge in [-0.2, -0.15) is 0 Å². The molecule has 0 saturated heterocycles. The molecule has 268 valence electrons. The van der Waals surface area contributed by atoms with Crippen LogP contribution >= 0.6 is 0 Å². The Labute approximate surface area is 330 Å². The Hall–Kier alpha value is -7.76. The lowest BCUT2D eigenvalue weighted by Crippen LogP contribution is -2.11. The van der Waals surface area contributed by atoms with Gasteiger partial charge in [0.1, 0.15) is 0 Å². The van der Waals surface area contributed by atoms with Gasteiger partial charge in [0, 0.05) is 63.4 Å². The molecule has 11 aromatic rings. The van der Waals surface area contributed by atoms with Gasteiger partial charge in [0.05, 0.1) is 33.4 Å². The number of benzene rings is 7. The van der Waals surface area contributed by atoms with Gasteiger partial charge in [-0.15, -0.1) is 0 Å². The van der Waals surface area contributed by atoms with Gasteiger partial charge >= 0.3 is 0 Å². The van der Waals surface area contributed by atoms with Crippen LogP contribution in [0.1, 0.15) is 0 Å². The molecule has 57 heavy (non-hydrogen) atoms. The van der Waals surface area contributed by atoms with E-state index in [0.717, 1.165) is 72.8 Å². The molecule has 0 fully saturated rings. The van der Waals surface area contributed by atoms with Crippen molar-refractivity contribution >= 4 is 60.7 Å². The molecule has 4 aromatic heterocycles. The molecule has 0 aliphatic rings. The second-order valence-electron chi connectivity index (χ2n) is 14.3. The largest absolute Gasteiger partial charge is 0.309 e. The van der Waals surface area contributed by atoms with Crippen molar-refractivity contribution in [2.45, 2.75) is 0 Å². The van der Waals surface area contributed by atoms with Gasteiger partial charge in [-0.3, -0.25) is 9.97 Å². The fourth-order valence-electron chi connectivity index (χ4n) is 8.61. The first kappa shape index (κ1) is 32.7. The Morgan fingerprint density at radius 3 is 1.16 bits per heavy atom. The predicted molar refractivity (Wildman–Crippen MR) is 236 cm³/mol. The smallest absolute Gasteiger partial charge is 0.0562 e. The topological polar surface area (TPSA) is 38.9 Å². The standard InChI is InChI=1S/C52H35N5/c1-2-10-40(11-3-1)57(49-18-8-16-47-51(49)43-12-4-6-14-45(43)55(47)41-24-20-36(21-25-41)38-28-32-53-33-29-38)50-19-9-17-48-52(50)44-13-5-7-15-46(44)56(48)42-26-22-37(23-27-42)39-30-34-54-35-31-39/h1-35H. The summed E-state index contributed by atoms with van der Waals surface area (Å²) in [5.74, 6) is 0. The van der Waals surface area contributed by atoms with E-state index in [1.165, 1.54) is 21.5 Å². The lowest BCUT2D eigenvalue weighted by Gasteiger charge is -2.27. The molecule has 0 atom stereocenters. The second-order valence-corrected chi connectivity index (χ2v) is 14.3. The molecule has 0 radical (unpaired) electrons. The molecule has 11 rings (SSSR count). The molecule has 4 heterocycles. The Bertz CT molecular complexity index is 3000. The minimum Gasteiger partial charge on any atom is -0.309 e. The highest BCUT2D eigenvalue weighted by Crippen LogP contribution is 2.47. The van der Waals surface area contributed by atoms with Gasteiger partial charge in [-0.1, -0.05) is 91.0 Å². The van der Waals surface area contributed by atoms with E-state index in [4.69, 9.17) is 0 Å². The van der Waals surface area contributed by atoms with Gasteiger partial charge in [-0.05, 0) is 119 Å². The summed E-state index contributed by atoms with van der Waals surface area (Å²) in [4.78, 5) is 10.9. The Morgan fingerprint density at radius 1 is 0.316 bits per heavy atom. The molecule has 5 heteroatoms. The van der Waals surface area contributed by atoms with Gasteiger partial charge in [0.15, 0.2) is 0 Å². The van der Waals surface area contributed by atoms with Crippen LogP contribution in [0.4, 0.5) is 17.1 Å². The van der Waals surface area contributed by atoms with Crippen LogP contribution in [-0.4, -0.2) is 19.1 Å². The molecule has 7 aromatic carbocycles. The van der Waals surface area contributed by atoms with Gasteiger partial charge in [0.25, 0.3) is 0 Å². The third kappa shape index (κ3) is 5.40. The summed E-state index contributed by atoms with van der Waals surface area (Å²) >= 11 is 0. The first-order valence-electron chi connectivity index (χ1n) is 19.2. The maximum absolute atomic E-state index is 4.21. The van der Waals surface area contributed by atoms with E-state index in [1.807, 2.05) is 24.8 Å². The fraction of sp³-hybridized carbons (Fsp3) is 0. The number of hydrogen-bond acceptors (Lipinski definition) is 3. The molecular formula is C52H35N5. The first-order valence-corrected chi connectivity index (χ1v) is 19.2. The van der Waals surface area contributed by atoms with Crippen molar-refractivity contribution in [1.29, 1.82) is 0 Å². The van der Waals surface area contributed by atoms with E-state index in [9.17, 15) is 0 Å². The number of rotatable bonds is 7. The average molecular weight is 730 g/mol. The van der Waals surface area contributed by atoms with Gasteiger partial charge in [-0.25, -0.2) is 0 Å². The highest BCUT2D eigenvalue weighted by molar-refractivity contribution is 6.20. The molecule has 5 nitrogen and oxygen atoms in total. The van der Waals surface area contributed by atoms with Crippen LogP contribution in [0.3, 0.4) is 0 Å². The van der Waals surface area contributed by atoms with Crippen LogP contribution < -0.4 is 4.90 Å². The predicted octanol–water partition coefficient (Wildman–Crippen LogP) is 13.5. The summed E-state index contributed by atoms with van der Waals surface area (Å²) in [6.07, 6.45) is 7.37. The molecule has 0 N–H and O–H groups in total. The van der Waals surface area contributed by atoms with Gasteiger partial charge < -0.3 is 14.0 Å². The van der Waals surface area contributed by atoms with E-state index in [1.54, 1.807) is 0 Å². The zero-order valence-corrected chi connectivity index (χ0v) is 30.9.